The van der Waals surface area contributed by atoms with Crippen LogP contribution in [0.2, 0.25) is 0 Å². The van der Waals surface area contributed by atoms with Gasteiger partial charge in [-0.05, 0) is 57.0 Å². The fraction of sp³-hybridized carbons (Fsp3) is 0.318. The highest BCUT2D eigenvalue weighted by Crippen LogP contribution is 2.22. The molecule has 144 valence electrons. The number of hydrogen-bond donors (Lipinski definition) is 1. The molecule has 1 unspecified atom stereocenters. The van der Waals surface area contributed by atoms with E-state index in [1.807, 2.05) is 50.2 Å². The van der Waals surface area contributed by atoms with Crippen molar-refractivity contribution in [3.8, 4) is 6.07 Å². The fourth-order valence-corrected chi connectivity index (χ4v) is 3.28. The quantitative estimate of drug-likeness (QED) is 0.387. The molecule has 0 saturated carbocycles. The Balaban J connectivity index is 1.81. The minimum Gasteiger partial charge on any atom is -0.450 e. The number of imidazole rings is 1. The van der Waals surface area contributed by atoms with E-state index in [2.05, 4.69) is 21.5 Å². The molecular formula is C22H24N4O2. The number of H-pyrrole nitrogens is 1. The van der Waals surface area contributed by atoms with Crippen LogP contribution in [0.5, 0.6) is 0 Å². The van der Waals surface area contributed by atoms with Crippen LogP contribution in [0.3, 0.4) is 0 Å². The van der Waals surface area contributed by atoms with Gasteiger partial charge in [-0.2, -0.15) is 5.26 Å². The summed E-state index contributed by atoms with van der Waals surface area (Å²) >= 11 is 0. The SMILES string of the molecule is CCCn1c(C)cc(C=C(C#N)C(=O)OC(C)c2nc3ccccc3[nH]2)c1C. The van der Waals surface area contributed by atoms with Crippen molar-refractivity contribution in [1.29, 1.82) is 5.26 Å². The van der Waals surface area contributed by atoms with Gasteiger partial charge >= 0.3 is 5.97 Å². The van der Waals surface area contributed by atoms with Crippen LogP contribution in [0.1, 0.15) is 49.1 Å². The monoisotopic (exact) mass is 376 g/mol. The Morgan fingerprint density at radius 1 is 1.39 bits per heavy atom. The number of aromatic nitrogens is 3. The molecule has 0 bridgehead atoms. The molecule has 0 amide bonds. The zero-order valence-corrected chi connectivity index (χ0v) is 16.6. The van der Waals surface area contributed by atoms with Gasteiger partial charge in [0.15, 0.2) is 6.10 Å². The van der Waals surface area contributed by atoms with Crippen LogP contribution in [0.25, 0.3) is 17.1 Å². The van der Waals surface area contributed by atoms with Crippen LogP contribution < -0.4 is 0 Å². The lowest BCUT2D eigenvalue weighted by Crippen LogP contribution is -2.11. The number of benzene rings is 1. The molecule has 0 spiro atoms. The molecule has 28 heavy (non-hydrogen) atoms. The lowest BCUT2D eigenvalue weighted by molar-refractivity contribution is -0.143. The molecule has 1 atom stereocenters. The van der Waals surface area contributed by atoms with Gasteiger partial charge in [0.1, 0.15) is 17.5 Å². The number of aryl methyl sites for hydroxylation is 1. The van der Waals surface area contributed by atoms with E-state index in [-0.39, 0.29) is 5.57 Å². The molecule has 0 aliphatic carbocycles. The number of aromatic amines is 1. The largest absolute Gasteiger partial charge is 0.450 e. The summed E-state index contributed by atoms with van der Waals surface area (Å²) < 4.78 is 7.67. The number of esters is 1. The Morgan fingerprint density at radius 3 is 2.82 bits per heavy atom. The number of carbonyl (C=O) groups excluding carboxylic acids is 1. The van der Waals surface area contributed by atoms with Crippen LogP contribution >= 0.6 is 0 Å². The van der Waals surface area contributed by atoms with Gasteiger partial charge in [-0.1, -0.05) is 19.1 Å². The molecule has 3 aromatic rings. The second kappa shape index (κ2) is 8.13. The van der Waals surface area contributed by atoms with E-state index in [4.69, 9.17) is 4.74 Å². The average Bonchev–Trinajstić information content (AvgIpc) is 3.22. The number of nitrogens with zero attached hydrogens (tertiary/aromatic N) is 3. The Kier molecular flexibility index (Phi) is 5.65. The number of carbonyl (C=O) groups is 1. The van der Waals surface area contributed by atoms with Gasteiger partial charge in [-0.15, -0.1) is 0 Å². The molecule has 6 nitrogen and oxygen atoms in total. The second-order valence-electron chi connectivity index (χ2n) is 6.83. The zero-order valence-electron chi connectivity index (χ0n) is 16.6. The van der Waals surface area contributed by atoms with Crippen LogP contribution in [-0.4, -0.2) is 20.5 Å². The third-order valence-electron chi connectivity index (χ3n) is 4.78. The summed E-state index contributed by atoms with van der Waals surface area (Å²) in [6, 6.07) is 11.6. The van der Waals surface area contributed by atoms with Gasteiger partial charge in [0.25, 0.3) is 0 Å². The topological polar surface area (TPSA) is 83.7 Å². The molecule has 2 heterocycles. The van der Waals surface area contributed by atoms with E-state index >= 15 is 0 Å². The van der Waals surface area contributed by atoms with Crippen LogP contribution in [0, 0.1) is 25.2 Å². The van der Waals surface area contributed by atoms with Crippen molar-refractivity contribution in [2.75, 3.05) is 0 Å². The third kappa shape index (κ3) is 3.84. The van der Waals surface area contributed by atoms with E-state index in [1.54, 1.807) is 13.0 Å². The molecule has 0 saturated heterocycles. The van der Waals surface area contributed by atoms with Crippen LogP contribution in [0.15, 0.2) is 35.9 Å². The average molecular weight is 376 g/mol. The summed E-state index contributed by atoms with van der Waals surface area (Å²) in [7, 11) is 0. The maximum atomic E-state index is 12.5. The first-order chi connectivity index (χ1) is 13.4. The smallest absolute Gasteiger partial charge is 0.349 e. The maximum absolute atomic E-state index is 12.5. The van der Waals surface area contributed by atoms with Gasteiger partial charge in [0, 0.05) is 17.9 Å². The van der Waals surface area contributed by atoms with Gasteiger partial charge in [0.05, 0.1) is 11.0 Å². The first-order valence-corrected chi connectivity index (χ1v) is 9.38. The standard InChI is InChI=1S/C22H24N4O2/c1-5-10-26-14(2)11-17(15(26)3)12-18(13-23)22(27)28-16(4)21-24-19-8-6-7-9-20(19)25-21/h6-9,11-12,16H,5,10H2,1-4H3,(H,24,25). The molecule has 0 fully saturated rings. The van der Waals surface area contributed by atoms with Crippen molar-refractivity contribution >= 4 is 23.1 Å². The van der Waals surface area contributed by atoms with Crippen LogP contribution in [-0.2, 0) is 16.1 Å². The van der Waals surface area contributed by atoms with E-state index < -0.39 is 12.1 Å². The van der Waals surface area contributed by atoms with E-state index in [9.17, 15) is 10.1 Å². The van der Waals surface area contributed by atoms with Crippen molar-refractivity contribution in [1.82, 2.24) is 14.5 Å². The van der Waals surface area contributed by atoms with Gasteiger partial charge in [-0.3, -0.25) is 0 Å². The Hall–Kier alpha value is -3.33. The molecule has 2 aromatic heterocycles. The van der Waals surface area contributed by atoms with Gasteiger partial charge in [-0.25, -0.2) is 9.78 Å². The van der Waals surface area contributed by atoms with Crippen molar-refractivity contribution in [2.45, 2.75) is 46.8 Å². The number of ether oxygens (including phenoxy) is 1. The first-order valence-electron chi connectivity index (χ1n) is 9.38. The maximum Gasteiger partial charge on any atom is 0.349 e. The van der Waals surface area contributed by atoms with Gasteiger partial charge in [0.2, 0.25) is 0 Å². The normalized spacial score (nSPS) is 12.8. The molecule has 0 radical (unpaired) electrons. The molecule has 3 rings (SSSR count). The minimum atomic E-state index is -0.657. The zero-order chi connectivity index (χ0) is 20.3. The van der Waals surface area contributed by atoms with Gasteiger partial charge < -0.3 is 14.3 Å². The molecule has 0 aliphatic rings. The van der Waals surface area contributed by atoms with E-state index in [0.717, 1.165) is 41.0 Å². The first kappa shape index (κ1) is 19.4. The Morgan fingerprint density at radius 2 is 2.14 bits per heavy atom. The lowest BCUT2D eigenvalue weighted by atomic mass is 10.1. The van der Waals surface area contributed by atoms with Crippen molar-refractivity contribution in [2.24, 2.45) is 0 Å². The molecule has 6 heteroatoms. The molecule has 1 N–H and O–H groups in total. The lowest BCUT2D eigenvalue weighted by Gasteiger charge is -2.10. The second-order valence-corrected chi connectivity index (χ2v) is 6.83. The number of nitriles is 1. The van der Waals surface area contributed by atoms with Crippen molar-refractivity contribution < 1.29 is 9.53 Å². The number of fused-ring (bicyclic) bond motifs is 1. The number of hydrogen-bond acceptors (Lipinski definition) is 4. The van der Waals surface area contributed by atoms with E-state index in [1.165, 1.54) is 0 Å². The predicted molar refractivity (Wildman–Crippen MR) is 108 cm³/mol. The number of para-hydroxylation sites is 2. The van der Waals surface area contributed by atoms with Crippen molar-refractivity contribution in [3.05, 3.63) is 58.7 Å². The predicted octanol–water partition coefficient (Wildman–Crippen LogP) is 4.60. The Labute approximate surface area is 164 Å². The summed E-state index contributed by atoms with van der Waals surface area (Å²) in [5, 5.41) is 9.48. The highest BCUT2D eigenvalue weighted by atomic mass is 16.5. The van der Waals surface area contributed by atoms with Crippen LogP contribution in [0.4, 0.5) is 0 Å². The summed E-state index contributed by atoms with van der Waals surface area (Å²) in [5.41, 5.74) is 4.65. The highest BCUT2D eigenvalue weighted by Gasteiger charge is 2.19. The Bertz CT molecular complexity index is 1050. The molecular weight excluding hydrogens is 352 g/mol. The number of rotatable bonds is 6. The molecule has 1 aromatic carbocycles. The fourth-order valence-electron chi connectivity index (χ4n) is 3.28. The highest BCUT2D eigenvalue weighted by molar-refractivity contribution is 5.98. The summed E-state index contributed by atoms with van der Waals surface area (Å²) in [6.07, 6.45) is 2.02. The number of nitrogens with one attached hydrogen (secondary N) is 1. The summed E-state index contributed by atoms with van der Waals surface area (Å²) in [5.74, 6) is -0.108. The third-order valence-corrected chi connectivity index (χ3v) is 4.78. The summed E-state index contributed by atoms with van der Waals surface area (Å²) in [6.45, 7) is 8.77. The minimum absolute atomic E-state index is 0.0280. The van der Waals surface area contributed by atoms with E-state index in [0.29, 0.717) is 5.82 Å². The van der Waals surface area contributed by atoms with Crippen molar-refractivity contribution in [3.63, 3.8) is 0 Å². The molecule has 0 aliphatic heterocycles. The summed E-state index contributed by atoms with van der Waals surface area (Å²) in [4.78, 5) is 20.1.